The maximum absolute atomic E-state index is 12.9. The van der Waals surface area contributed by atoms with Crippen LogP contribution in [0.3, 0.4) is 0 Å². The molecule has 0 aliphatic rings. The second-order valence-corrected chi connectivity index (χ2v) is 9.17. The van der Waals surface area contributed by atoms with Crippen molar-refractivity contribution in [2.45, 2.75) is 13.5 Å². The number of aromatic nitrogens is 2. The average Bonchev–Trinajstić information content (AvgIpc) is 2.79. The van der Waals surface area contributed by atoms with Crippen LogP contribution < -0.4 is 10.3 Å². The van der Waals surface area contributed by atoms with Gasteiger partial charge in [0.05, 0.1) is 25.6 Å². The van der Waals surface area contributed by atoms with Crippen molar-refractivity contribution in [1.29, 1.82) is 0 Å². The van der Waals surface area contributed by atoms with E-state index in [4.69, 9.17) is 4.74 Å². The summed E-state index contributed by atoms with van der Waals surface area (Å²) in [6.07, 6.45) is 1.59. The number of rotatable bonds is 6. The number of nitrogens with zero attached hydrogens (tertiary/aromatic N) is 4. The second-order valence-electron chi connectivity index (χ2n) is 7.09. The Morgan fingerprint density at radius 3 is 2.79 bits per heavy atom. The van der Waals surface area contributed by atoms with E-state index in [-0.39, 0.29) is 17.9 Å². The third-order valence-electron chi connectivity index (χ3n) is 4.76. The number of non-ortho nitro benzene ring substituents is 1. The van der Waals surface area contributed by atoms with Crippen LogP contribution in [-0.2, 0) is 6.61 Å². The van der Waals surface area contributed by atoms with Crippen molar-refractivity contribution < 1.29 is 9.66 Å². The Labute approximate surface area is 210 Å². The van der Waals surface area contributed by atoms with E-state index in [1.807, 2.05) is 18.2 Å². The summed E-state index contributed by atoms with van der Waals surface area (Å²) in [5.74, 6) is 1.13. The van der Waals surface area contributed by atoms with E-state index in [2.05, 4.69) is 48.6 Å². The van der Waals surface area contributed by atoms with Gasteiger partial charge in [-0.15, -0.1) is 0 Å². The number of ether oxygens (including phenoxy) is 1. The monoisotopic (exact) mass is 618 g/mol. The standard InChI is InChI=1S/C23H16BrIN4O4/c1-14-27-21-7-6-17(24)11-19(21)23(30)28(14)26-12-15-5-8-22(20(25)10-15)33-13-16-3-2-4-18(9-16)29(31)32/h2-12H,13H2,1H3. The fourth-order valence-electron chi connectivity index (χ4n) is 3.16. The average molecular weight is 619 g/mol. The van der Waals surface area contributed by atoms with Crippen molar-refractivity contribution >= 4 is 61.3 Å². The van der Waals surface area contributed by atoms with Crippen LogP contribution in [0, 0.1) is 20.6 Å². The fourth-order valence-corrected chi connectivity index (χ4v) is 4.21. The molecule has 0 radical (unpaired) electrons. The molecule has 1 aromatic heterocycles. The zero-order valence-electron chi connectivity index (χ0n) is 17.2. The van der Waals surface area contributed by atoms with Gasteiger partial charge in [-0.1, -0.05) is 28.1 Å². The highest BCUT2D eigenvalue weighted by atomic mass is 127. The number of hydrogen-bond acceptors (Lipinski definition) is 6. The largest absolute Gasteiger partial charge is 0.488 e. The van der Waals surface area contributed by atoms with Gasteiger partial charge in [-0.05, 0) is 77.0 Å². The molecule has 1 heterocycles. The molecule has 4 aromatic rings. The van der Waals surface area contributed by atoms with Crippen LogP contribution >= 0.6 is 38.5 Å². The third-order valence-corrected chi connectivity index (χ3v) is 6.10. The number of aryl methyl sites for hydroxylation is 1. The number of nitro groups is 1. The third kappa shape index (κ3) is 5.28. The Bertz CT molecular complexity index is 1470. The maximum Gasteiger partial charge on any atom is 0.282 e. The zero-order chi connectivity index (χ0) is 23.5. The van der Waals surface area contributed by atoms with Crippen LogP contribution in [0.25, 0.3) is 10.9 Å². The quantitative estimate of drug-likeness (QED) is 0.124. The van der Waals surface area contributed by atoms with Gasteiger partial charge in [0.2, 0.25) is 0 Å². The SMILES string of the molecule is Cc1nc2ccc(Br)cc2c(=O)n1N=Cc1ccc(OCc2cccc([N+](=O)[O-])c2)c(I)c1. The minimum Gasteiger partial charge on any atom is -0.488 e. The Hall–Kier alpha value is -3.12. The number of nitro benzene ring substituents is 1. The number of hydrogen-bond donors (Lipinski definition) is 0. The van der Waals surface area contributed by atoms with Crippen LogP contribution in [-0.4, -0.2) is 20.8 Å². The van der Waals surface area contributed by atoms with Crippen molar-refractivity contribution in [1.82, 2.24) is 9.66 Å². The van der Waals surface area contributed by atoms with Gasteiger partial charge in [-0.2, -0.15) is 9.78 Å². The predicted octanol–water partition coefficient (Wildman–Crippen LogP) is 5.44. The molecule has 0 atom stereocenters. The predicted molar refractivity (Wildman–Crippen MR) is 138 cm³/mol. The minimum atomic E-state index is -0.432. The summed E-state index contributed by atoms with van der Waals surface area (Å²) < 4.78 is 8.74. The molecule has 10 heteroatoms. The topological polar surface area (TPSA) is 99.6 Å². The number of benzene rings is 3. The van der Waals surface area contributed by atoms with E-state index in [0.29, 0.717) is 28.0 Å². The molecule has 4 rings (SSSR count). The molecule has 8 nitrogen and oxygen atoms in total. The Morgan fingerprint density at radius 2 is 2.03 bits per heavy atom. The summed E-state index contributed by atoms with van der Waals surface area (Å²) >= 11 is 5.53. The number of halogens is 2. The lowest BCUT2D eigenvalue weighted by atomic mass is 10.2. The van der Waals surface area contributed by atoms with Gasteiger partial charge in [0.15, 0.2) is 0 Å². The van der Waals surface area contributed by atoms with Gasteiger partial charge in [-0.3, -0.25) is 14.9 Å². The molecule has 166 valence electrons. The van der Waals surface area contributed by atoms with Crippen molar-refractivity contribution in [3.63, 3.8) is 0 Å². The summed E-state index contributed by atoms with van der Waals surface area (Å²) in [4.78, 5) is 27.8. The first kappa shape index (κ1) is 23.1. The summed E-state index contributed by atoms with van der Waals surface area (Å²) in [7, 11) is 0. The molecule has 33 heavy (non-hydrogen) atoms. The molecular weight excluding hydrogens is 603 g/mol. The van der Waals surface area contributed by atoms with Crippen LogP contribution in [0.4, 0.5) is 5.69 Å². The van der Waals surface area contributed by atoms with E-state index < -0.39 is 4.92 Å². The Kier molecular flexibility index (Phi) is 6.84. The lowest BCUT2D eigenvalue weighted by molar-refractivity contribution is -0.384. The van der Waals surface area contributed by atoms with Crippen molar-refractivity contribution in [2.24, 2.45) is 5.10 Å². The first-order valence-corrected chi connectivity index (χ1v) is 11.6. The molecule has 0 amide bonds. The first-order chi connectivity index (χ1) is 15.8. The fraction of sp³-hybridized carbons (Fsp3) is 0.0870. The summed E-state index contributed by atoms with van der Waals surface area (Å²) in [6, 6.07) is 17.2. The molecule has 3 aromatic carbocycles. The molecule has 0 aliphatic heterocycles. The van der Waals surface area contributed by atoms with Crippen molar-refractivity contribution in [3.05, 3.63) is 106 Å². The van der Waals surface area contributed by atoms with E-state index in [9.17, 15) is 14.9 Å². The van der Waals surface area contributed by atoms with Gasteiger partial charge in [0.1, 0.15) is 18.2 Å². The van der Waals surface area contributed by atoms with Crippen LogP contribution in [0.2, 0.25) is 0 Å². The van der Waals surface area contributed by atoms with Gasteiger partial charge < -0.3 is 4.74 Å². The number of fused-ring (bicyclic) bond motifs is 1. The summed E-state index contributed by atoms with van der Waals surface area (Å²) in [6.45, 7) is 1.94. The molecule has 0 bridgehead atoms. The van der Waals surface area contributed by atoms with Crippen LogP contribution in [0.1, 0.15) is 17.0 Å². The maximum atomic E-state index is 12.9. The lowest BCUT2D eigenvalue weighted by Crippen LogP contribution is -2.20. The van der Waals surface area contributed by atoms with Crippen LogP contribution in [0.5, 0.6) is 5.75 Å². The Balaban J connectivity index is 1.53. The molecule has 0 aliphatic carbocycles. The molecule has 0 saturated heterocycles. The smallest absolute Gasteiger partial charge is 0.282 e. The highest BCUT2D eigenvalue weighted by molar-refractivity contribution is 14.1. The van der Waals surface area contributed by atoms with Crippen molar-refractivity contribution in [2.75, 3.05) is 0 Å². The molecule has 0 unspecified atom stereocenters. The van der Waals surface area contributed by atoms with Crippen LogP contribution in [0.15, 0.2) is 75.0 Å². The normalized spacial score (nSPS) is 11.2. The van der Waals surface area contributed by atoms with Gasteiger partial charge in [0, 0.05) is 16.6 Å². The first-order valence-electron chi connectivity index (χ1n) is 9.71. The van der Waals surface area contributed by atoms with E-state index >= 15 is 0 Å². The molecule has 0 N–H and O–H groups in total. The van der Waals surface area contributed by atoms with Gasteiger partial charge in [0.25, 0.3) is 11.2 Å². The molecule has 0 saturated carbocycles. The molecule has 0 fully saturated rings. The summed E-state index contributed by atoms with van der Waals surface area (Å²) in [5.41, 5.74) is 1.88. The summed E-state index contributed by atoms with van der Waals surface area (Å²) in [5, 5.41) is 15.7. The van der Waals surface area contributed by atoms with E-state index in [0.717, 1.165) is 13.6 Å². The molecule has 0 spiro atoms. The highest BCUT2D eigenvalue weighted by Crippen LogP contribution is 2.23. The molecular formula is C23H16BrIN4O4. The Morgan fingerprint density at radius 1 is 1.21 bits per heavy atom. The van der Waals surface area contributed by atoms with E-state index in [1.165, 1.54) is 16.8 Å². The second kappa shape index (κ2) is 9.79. The van der Waals surface area contributed by atoms with Gasteiger partial charge in [-0.25, -0.2) is 4.98 Å². The van der Waals surface area contributed by atoms with E-state index in [1.54, 1.807) is 43.5 Å². The lowest BCUT2D eigenvalue weighted by Gasteiger charge is -2.09. The minimum absolute atomic E-state index is 0.0263. The van der Waals surface area contributed by atoms with Gasteiger partial charge >= 0.3 is 0 Å². The highest BCUT2D eigenvalue weighted by Gasteiger charge is 2.09. The van der Waals surface area contributed by atoms with Crippen molar-refractivity contribution in [3.8, 4) is 5.75 Å². The zero-order valence-corrected chi connectivity index (χ0v) is 21.0.